The van der Waals surface area contributed by atoms with Crippen molar-refractivity contribution in [2.75, 3.05) is 6.61 Å². The van der Waals surface area contributed by atoms with Gasteiger partial charge in [-0.05, 0) is 25.5 Å². The first-order chi connectivity index (χ1) is 11.3. The van der Waals surface area contributed by atoms with E-state index in [-0.39, 0.29) is 7.33 Å². The summed E-state index contributed by atoms with van der Waals surface area (Å²) in [5.41, 5.74) is 1.24. The molecule has 1 rings (SSSR count). The number of nitrogens with zero attached hydrogens (tertiary/aromatic N) is 1. The van der Waals surface area contributed by atoms with E-state index in [4.69, 9.17) is 4.74 Å². The van der Waals surface area contributed by atoms with Crippen molar-refractivity contribution in [1.82, 2.24) is 10.3 Å². The maximum absolute atomic E-state index is 11.8. The molecule has 0 aliphatic heterocycles. The number of carbonyl (C=O) groups is 2. The third-order valence-electron chi connectivity index (χ3n) is 2.73. The number of esters is 1. The highest BCUT2D eigenvalue weighted by Crippen LogP contribution is 2.13. The van der Waals surface area contributed by atoms with E-state index in [0.29, 0.717) is 24.5 Å². The van der Waals surface area contributed by atoms with Gasteiger partial charge >= 0.3 is 5.97 Å². The summed E-state index contributed by atoms with van der Waals surface area (Å²) in [5.74, 6) is -0.494. The van der Waals surface area contributed by atoms with Crippen LogP contribution in [-0.4, -0.2) is 23.5 Å². The van der Waals surface area contributed by atoms with E-state index in [1.165, 1.54) is 0 Å². The Morgan fingerprint density at radius 1 is 1.17 bits per heavy atom. The van der Waals surface area contributed by atoms with Crippen LogP contribution in [0.3, 0.4) is 0 Å². The third-order valence-corrected chi connectivity index (χ3v) is 2.73. The predicted molar refractivity (Wildman–Crippen MR) is 101 cm³/mol. The number of ether oxygens (including phenoxy) is 1. The molecule has 0 aliphatic carbocycles. The lowest BCUT2D eigenvalue weighted by molar-refractivity contribution is -0.128. The topological polar surface area (TPSA) is 68.3 Å². The molecule has 0 fully saturated rings. The highest BCUT2D eigenvalue weighted by atomic mass is 16.5. The van der Waals surface area contributed by atoms with Crippen LogP contribution in [0.5, 0.6) is 0 Å². The summed E-state index contributed by atoms with van der Waals surface area (Å²) >= 11 is 0. The average molecular weight is 341 g/mol. The second kappa shape index (κ2) is 12.5. The van der Waals surface area contributed by atoms with E-state index in [1.54, 1.807) is 26.0 Å². The Morgan fingerprint density at radius 2 is 1.71 bits per heavy atom. The van der Waals surface area contributed by atoms with Crippen molar-refractivity contribution < 1.29 is 15.8 Å². The van der Waals surface area contributed by atoms with Crippen LogP contribution >= 0.6 is 0 Å². The van der Waals surface area contributed by atoms with Gasteiger partial charge in [0.1, 0.15) is 0 Å². The fraction of sp³-hybridized carbons (Fsp3) is 0.632. The Morgan fingerprint density at radius 3 is 2.17 bits per heavy atom. The molecule has 140 valence electrons. The molecular formula is C19H36N2O3. The lowest BCUT2D eigenvalue weighted by Crippen LogP contribution is -2.34. The molecule has 5 nitrogen and oxygen atoms in total. The number of amides is 1. The molecule has 0 unspecified atom stereocenters. The number of aryl methyl sites for hydroxylation is 1. The van der Waals surface area contributed by atoms with E-state index >= 15 is 0 Å². The minimum absolute atomic E-state index is 0. The summed E-state index contributed by atoms with van der Waals surface area (Å²) in [6.07, 6.45) is 0. The molecule has 0 aromatic carbocycles. The van der Waals surface area contributed by atoms with Gasteiger partial charge in [-0.15, -0.1) is 0 Å². The van der Waals surface area contributed by atoms with Crippen molar-refractivity contribution in [1.29, 1.82) is 0 Å². The molecule has 1 heterocycles. The van der Waals surface area contributed by atoms with Gasteiger partial charge in [-0.1, -0.05) is 54.5 Å². The van der Waals surface area contributed by atoms with E-state index in [9.17, 15) is 9.59 Å². The van der Waals surface area contributed by atoms with Crippen LogP contribution in [0.15, 0.2) is 12.1 Å². The highest BCUT2D eigenvalue weighted by Gasteiger charge is 2.21. The van der Waals surface area contributed by atoms with Gasteiger partial charge in [-0.25, -0.2) is 9.78 Å². The molecule has 0 spiro atoms. The van der Waals surface area contributed by atoms with Crippen LogP contribution in [0.4, 0.5) is 0 Å². The monoisotopic (exact) mass is 340 g/mol. The van der Waals surface area contributed by atoms with Gasteiger partial charge in [0.25, 0.3) is 0 Å². The van der Waals surface area contributed by atoms with Gasteiger partial charge in [-0.3, -0.25) is 4.79 Å². The predicted octanol–water partition coefficient (Wildman–Crippen LogP) is 4.53. The summed E-state index contributed by atoms with van der Waals surface area (Å²) in [4.78, 5) is 27.8. The molecule has 5 heteroatoms. The molecule has 1 N–H and O–H groups in total. The lowest BCUT2D eigenvalue weighted by Gasteiger charge is -2.17. The van der Waals surface area contributed by atoms with Crippen molar-refractivity contribution in [2.45, 2.75) is 68.9 Å². The number of pyridine rings is 1. The summed E-state index contributed by atoms with van der Waals surface area (Å²) in [7, 11) is 0. The Kier molecular flexibility index (Phi) is 12.7. The number of rotatable bonds is 4. The van der Waals surface area contributed by atoms with E-state index < -0.39 is 11.4 Å². The number of aromatic nitrogens is 1. The third kappa shape index (κ3) is 8.65. The Balaban J connectivity index is -0.000000899. The standard InChI is InChI=1S/C15H22N2O3.2C2H6.H2/c1-6-20-13(18)12-10(2)7-8-11(17-12)9-16-14(19)15(3,4)5;2*1-2;/h7-8H,6,9H2,1-5H3,(H,16,19);2*1-2H3;1H. The number of nitrogens with one attached hydrogen (secondary N) is 1. The summed E-state index contributed by atoms with van der Waals surface area (Å²) in [6.45, 7) is 17.7. The Bertz CT molecular complexity index is 512. The molecule has 1 amide bonds. The first-order valence-electron chi connectivity index (χ1n) is 8.67. The van der Waals surface area contributed by atoms with Gasteiger partial charge in [0.2, 0.25) is 5.91 Å². The smallest absolute Gasteiger partial charge is 0.357 e. The van der Waals surface area contributed by atoms with Crippen molar-refractivity contribution >= 4 is 11.9 Å². The second-order valence-electron chi connectivity index (χ2n) is 5.62. The van der Waals surface area contributed by atoms with Gasteiger partial charge < -0.3 is 10.1 Å². The van der Waals surface area contributed by atoms with E-state index in [0.717, 1.165) is 5.56 Å². The normalized spacial score (nSPS) is 9.71. The second-order valence-corrected chi connectivity index (χ2v) is 5.62. The zero-order valence-corrected chi connectivity index (χ0v) is 16.7. The van der Waals surface area contributed by atoms with Crippen molar-refractivity contribution in [3.05, 3.63) is 29.1 Å². The molecule has 0 radical (unpaired) electrons. The van der Waals surface area contributed by atoms with E-state index in [2.05, 4.69) is 10.3 Å². The van der Waals surface area contributed by atoms with Gasteiger partial charge in [0.15, 0.2) is 5.69 Å². The molecule has 0 saturated carbocycles. The average Bonchev–Trinajstić information content (AvgIpc) is 2.56. The van der Waals surface area contributed by atoms with E-state index in [1.807, 2.05) is 48.5 Å². The zero-order chi connectivity index (χ0) is 19.3. The quantitative estimate of drug-likeness (QED) is 0.818. The first-order valence-corrected chi connectivity index (χ1v) is 8.67. The zero-order valence-electron chi connectivity index (χ0n) is 16.7. The molecule has 1 aromatic heterocycles. The summed E-state index contributed by atoms with van der Waals surface area (Å²) < 4.78 is 4.95. The van der Waals surface area contributed by atoms with Gasteiger partial charge in [-0.2, -0.15) is 0 Å². The summed E-state index contributed by atoms with van der Waals surface area (Å²) in [5, 5.41) is 2.80. The molecule has 0 bridgehead atoms. The minimum Gasteiger partial charge on any atom is -0.461 e. The summed E-state index contributed by atoms with van der Waals surface area (Å²) in [6, 6.07) is 3.60. The largest absolute Gasteiger partial charge is 0.461 e. The van der Waals surface area contributed by atoms with Crippen LogP contribution in [0.1, 0.15) is 78.6 Å². The molecule has 1 aromatic rings. The van der Waals surface area contributed by atoms with Crippen molar-refractivity contribution in [3.63, 3.8) is 0 Å². The van der Waals surface area contributed by atoms with Crippen LogP contribution in [0.25, 0.3) is 0 Å². The maximum Gasteiger partial charge on any atom is 0.357 e. The fourth-order valence-electron chi connectivity index (χ4n) is 1.51. The maximum atomic E-state index is 11.8. The highest BCUT2D eigenvalue weighted by molar-refractivity contribution is 5.88. The van der Waals surface area contributed by atoms with Crippen LogP contribution in [0, 0.1) is 12.3 Å². The molecule has 0 saturated heterocycles. The van der Waals surface area contributed by atoms with Crippen LogP contribution < -0.4 is 5.32 Å². The van der Waals surface area contributed by atoms with Crippen LogP contribution in [-0.2, 0) is 16.1 Å². The van der Waals surface area contributed by atoms with Gasteiger partial charge in [0, 0.05) is 6.84 Å². The lowest BCUT2D eigenvalue weighted by atomic mass is 9.96. The number of hydrogen-bond donors (Lipinski definition) is 1. The number of hydrogen-bond acceptors (Lipinski definition) is 4. The van der Waals surface area contributed by atoms with Crippen LogP contribution in [0.2, 0.25) is 0 Å². The molecular weight excluding hydrogens is 304 g/mol. The van der Waals surface area contributed by atoms with Gasteiger partial charge in [0.05, 0.1) is 18.8 Å². The minimum atomic E-state index is -0.450. The molecule has 0 aliphatic rings. The SMILES string of the molecule is CC.CC.CCOC(=O)c1nc(CNC(=O)C(C)(C)C)ccc1C.[HH]. The van der Waals surface area contributed by atoms with Crippen molar-refractivity contribution in [2.24, 2.45) is 5.41 Å². The Labute approximate surface area is 148 Å². The number of carbonyl (C=O) groups excluding carboxylic acids is 2. The Hall–Kier alpha value is -1.91. The fourth-order valence-corrected chi connectivity index (χ4v) is 1.51. The van der Waals surface area contributed by atoms with Crippen molar-refractivity contribution in [3.8, 4) is 0 Å². The molecule has 0 atom stereocenters. The molecule has 24 heavy (non-hydrogen) atoms. The first kappa shape index (κ1) is 24.3.